The van der Waals surface area contributed by atoms with Gasteiger partial charge in [-0.25, -0.2) is 13.4 Å². The molecule has 0 saturated heterocycles. The molecule has 2 N–H and O–H groups in total. The monoisotopic (exact) mass is 449 g/mol. The molecular formula is C18H19N5O5S2. The number of esters is 1. The number of aromatic nitrogens is 3. The maximum atomic E-state index is 12.2. The Balaban J connectivity index is 1.50. The second-order valence-electron chi connectivity index (χ2n) is 6.20. The number of amides is 1. The van der Waals surface area contributed by atoms with E-state index in [9.17, 15) is 18.0 Å². The van der Waals surface area contributed by atoms with Gasteiger partial charge < -0.3 is 4.74 Å². The van der Waals surface area contributed by atoms with Crippen LogP contribution in [0.25, 0.3) is 11.3 Å². The average molecular weight is 450 g/mol. The van der Waals surface area contributed by atoms with Crippen molar-refractivity contribution >= 4 is 38.4 Å². The summed E-state index contributed by atoms with van der Waals surface area (Å²) < 4.78 is 32.6. The number of carbonyl (C=O) groups is 2. The third kappa shape index (κ3) is 5.49. The van der Waals surface area contributed by atoms with Crippen LogP contribution in [0.1, 0.15) is 6.92 Å². The predicted octanol–water partition coefficient (Wildman–Crippen LogP) is 1.39. The lowest BCUT2D eigenvalue weighted by molar-refractivity contribution is -0.151. The van der Waals surface area contributed by atoms with E-state index in [0.717, 1.165) is 11.8 Å². The first-order chi connectivity index (χ1) is 14.2. The second-order valence-corrected chi connectivity index (χ2v) is 8.82. The smallest absolute Gasteiger partial charge is 0.321 e. The van der Waals surface area contributed by atoms with Crippen LogP contribution in [0.4, 0.5) is 5.13 Å². The molecule has 10 nitrogen and oxygen atoms in total. The molecule has 0 aliphatic heterocycles. The molecule has 2 heterocycles. The Labute approximate surface area is 176 Å². The topological polar surface area (TPSA) is 132 Å². The molecule has 1 aromatic carbocycles. The van der Waals surface area contributed by atoms with E-state index in [1.54, 1.807) is 12.4 Å². The molecule has 0 saturated carbocycles. The van der Waals surface area contributed by atoms with Crippen molar-refractivity contribution in [3.05, 3.63) is 48.1 Å². The zero-order valence-electron chi connectivity index (χ0n) is 16.1. The van der Waals surface area contributed by atoms with E-state index >= 15 is 0 Å². The van der Waals surface area contributed by atoms with Crippen molar-refractivity contribution in [2.24, 2.45) is 7.05 Å². The Hall–Kier alpha value is -3.09. The summed E-state index contributed by atoms with van der Waals surface area (Å²) in [6.45, 7) is 0.763. The summed E-state index contributed by atoms with van der Waals surface area (Å²) in [4.78, 5) is 28.4. The van der Waals surface area contributed by atoms with Crippen LogP contribution in [0.3, 0.4) is 0 Å². The zero-order chi connectivity index (χ0) is 21.7. The van der Waals surface area contributed by atoms with Crippen molar-refractivity contribution in [3.63, 3.8) is 0 Å². The SMILES string of the molecule is CC(OC(=O)CNS(=O)(=O)c1cnn(C)c1)C(=O)Nc1nc(-c2ccccc2)cs1. The lowest BCUT2D eigenvalue weighted by Gasteiger charge is -2.12. The highest BCUT2D eigenvalue weighted by atomic mass is 32.2. The van der Waals surface area contributed by atoms with E-state index in [2.05, 4.69) is 20.1 Å². The standard InChI is InChI=1S/C18H19N5O5S2/c1-12(28-16(24)9-20-30(26,27)14-8-19-23(2)10-14)17(25)22-18-21-15(11-29-18)13-6-4-3-5-7-13/h3-8,10-12,20H,9H2,1-2H3,(H,21,22,25). The third-order valence-corrected chi connectivity index (χ3v) is 5.99. The van der Waals surface area contributed by atoms with Crippen molar-refractivity contribution in [2.45, 2.75) is 17.9 Å². The minimum atomic E-state index is -3.91. The first-order valence-electron chi connectivity index (χ1n) is 8.74. The van der Waals surface area contributed by atoms with E-state index in [1.807, 2.05) is 30.3 Å². The Bertz CT molecular complexity index is 1140. The van der Waals surface area contributed by atoms with Gasteiger partial charge in [-0.05, 0) is 6.92 Å². The zero-order valence-corrected chi connectivity index (χ0v) is 17.7. The largest absolute Gasteiger partial charge is 0.452 e. The molecule has 3 aromatic rings. The van der Waals surface area contributed by atoms with Crippen LogP contribution < -0.4 is 10.0 Å². The number of aryl methyl sites for hydroxylation is 1. The number of nitrogens with zero attached hydrogens (tertiary/aromatic N) is 3. The number of ether oxygens (including phenoxy) is 1. The maximum absolute atomic E-state index is 12.2. The van der Waals surface area contributed by atoms with Crippen LogP contribution in [0.15, 0.2) is 53.0 Å². The molecule has 12 heteroatoms. The van der Waals surface area contributed by atoms with Crippen molar-refractivity contribution in [2.75, 3.05) is 11.9 Å². The molecule has 1 unspecified atom stereocenters. The first kappa shape index (κ1) is 21.6. The number of rotatable bonds is 8. The molecule has 1 atom stereocenters. The maximum Gasteiger partial charge on any atom is 0.321 e. The normalized spacial score (nSPS) is 12.3. The van der Waals surface area contributed by atoms with Gasteiger partial charge in [-0.15, -0.1) is 11.3 Å². The minimum Gasteiger partial charge on any atom is -0.452 e. The molecule has 0 aliphatic rings. The minimum absolute atomic E-state index is 0.0819. The summed E-state index contributed by atoms with van der Waals surface area (Å²) in [6, 6.07) is 9.47. The lowest BCUT2D eigenvalue weighted by atomic mass is 10.2. The van der Waals surface area contributed by atoms with E-state index in [4.69, 9.17) is 4.74 Å². The highest BCUT2D eigenvalue weighted by molar-refractivity contribution is 7.89. The van der Waals surface area contributed by atoms with Crippen LogP contribution in [-0.4, -0.2) is 47.7 Å². The molecule has 0 aliphatic carbocycles. The number of hydrogen-bond acceptors (Lipinski definition) is 8. The quantitative estimate of drug-likeness (QED) is 0.497. The fourth-order valence-corrected chi connectivity index (χ4v) is 4.02. The molecule has 3 rings (SSSR count). The predicted molar refractivity (Wildman–Crippen MR) is 110 cm³/mol. The number of anilines is 1. The van der Waals surface area contributed by atoms with E-state index in [-0.39, 0.29) is 4.90 Å². The van der Waals surface area contributed by atoms with Crippen molar-refractivity contribution in [1.82, 2.24) is 19.5 Å². The van der Waals surface area contributed by atoms with E-state index in [0.29, 0.717) is 10.8 Å². The summed E-state index contributed by atoms with van der Waals surface area (Å²) in [5.74, 6) is -1.47. The Morgan fingerprint density at radius 1 is 1.27 bits per heavy atom. The molecular weight excluding hydrogens is 430 g/mol. The number of thiazole rings is 1. The average Bonchev–Trinajstić information content (AvgIpc) is 3.36. The summed E-state index contributed by atoms with van der Waals surface area (Å²) in [7, 11) is -2.34. The molecule has 158 valence electrons. The van der Waals surface area contributed by atoms with Gasteiger partial charge in [-0.2, -0.15) is 9.82 Å². The van der Waals surface area contributed by atoms with Crippen molar-refractivity contribution in [1.29, 1.82) is 0 Å². The van der Waals surface area contributed by atoms with Gasteiger partial charge in [-0.1, -0.05) is 30.3 Å². The lowest BCUT2D eigenvalue weighted by Crippen LogP contribution is -2.35. The number of benzene rings is 1. The van der Waals surface area contributed by atoms with Gasteiger partial charge >= 0.3 is 5.97 Å². The van der Waals surface area contributed by atoms with Gasteiger partial charge in [0, 0.05) is 24.2 Å². The highest BCUT2D eigenvalue weighted by Crippen LogP contribution is 2.24. The van der Waals surface area contributed by atoms with Gasteiger partial charge in [0.15, 0.2) is 11.2 Å². The van der Waals surface area contributed by atoms with Crippen molar-refractivity contribution in [3.8, 4) is 11.3 Å². The van der Waals surface area contributed by atoms with Gasteiger partial charge in [-0.3, -0.25) is 19.6 Å². The Morgan fingerprint density at radius 3 is 2.67 bits per heavy atom. The molecule has 1 amide bonds. The van der Waals surface area contributed by atoms with Gasteiger partial charge in [0.05, 0.1) is 11.9 Å². The molecule has 0 fully saturated rings. The number of hydrogen-bond donors (Lipinski definition) is 2. The summed E-state index contributed by atoms with van der Waals surface area (Å²) in [5, 5.41) is 8.51. The van der Waals surface area contributed by atoms with Crippen LogP contribution in [0.2, 0.25) is 0 Å². The molecule has 0 radical (unpaired) electrons. The van der Waals surface area contributed by atoms with Crippen molar-refractivity contribution < 1.29 is 22.7 Å². The summed E-state index contributed by atoms with van der Waals surface area (Å²) in [5.41, 5.74) is 1.62. The number of sulfonamides is 1. The van der Waals surface area contributed by atoms with E-state index in [1.165, 1.54) is 29.1 Å². The first-order valence-corrected chi connectivity index (χ1v) is 11.1. The van der Waals surface area contributed by atoms with Crippen LogP contribution >= 0.6 is 11.3 Å². The van der Waals surface area contributed by atoms with Gasteiger partial charge in [0.2, 0.25) is 10.0 Å². The summed E-state index contributed by atoms with van der Waals surface area (Å²) in [6.07, 6.45) is 1.31. The fraction of sp³-hybridized carbons (Fsp3) is 0.222. The Morgan fingerprint density at radius 2 is 2.00 bits per heavy atom. The van der Waals surface area contributed by atoms with Gasteiger partial charge in [0.25, 0.3) is 5.91 Å². The molecule has 0 spiro atoms. The van der Waals surface area contributed by atoms with E-state index < -0.39 is 34.5 Å². The van der Waals surface area contributed by atoms with Crippen LogP contribution in [0, 0.1) is 0 Å². The number of carbonyl (C=O) groups excluding carboxylic acids is 2. The van der Waals surface area contributed by atoms with Crippen LogP contribution in [0.5, 0.6) is 0 Å². The number of nitrogens with one attached hydrogen (secondary N) is 2. The highest BCUT2D eigenvalue weighted by Gasteiger charge is 2.22. The summed E-state index contributed by atoms with van der Waals surface area (Å²) >= 11 is 1.24. The molecule has 0 bridgehead atoms. The third-order valence-electron chi connectivity index (χ3n) is 3.88. The molecule has 2 aromatic heterocycles. The fourth-order valence-electron chi connectivity index (χ4n) is 2.35. The van der Waals surface area contributed by atoms with Crippen LogP contribution in [-0.2, 0) is 31.4 Å². The molecule has 30 heavy (non-hydrogen) atoms. The second kappa shape index (κ2) is 9.15. The Kier molecular flexibility index (Phi) is 6.59. The van der Waals surface area contributed by atoms with Gasteiger partial charge in [0.1, 0.15) is 11.4 Å².